The molecule has 0 radical (unpaired) electrons. The van der Waals surface area contributed by atoms with Gasteiger partial charge in [-0.3, -0.25) is 4.79 Å². The molecular weight excluding hydrogens is 274 g/mol. The van der Waals surface area contributed by atoms with Crippen molar-refractivity contribution in [2.75, 3.05) is 32.7 Å². The van der Waals surface area contributed by atoms with Gasteiger partial charge in [0.1, 0.15) is 0 Å². The smallest absolute Gasteiger partial charge is 0.228 e. The second-order valence-electron chi connectivity index (χ2n) is 8.22. The van der Waals surface area contributed by atoms with Gasteiger partial charge in [0.15, 0.2) is 0 Å². The van der Waals surface area contributed by atoms with E-state index in [1.807, 2.05) is 0 Å². The Morgan fingerprint density at radius 3 is 2.73 bits per heavy atom. The van der Waals surface area contributed by atoms with Crippen molar-refractivity contribution in [1.29, 1.82) is 0 Å². The summed E-state index contributed by atoms with van der Waals surface area (Å²) in [6.07, 6.45) is 10.0. The second-order valence-corrected chi connectivity index (χ2v) is 8.22. The number of hydrogen-bond acceptors (Lipinski definition) is 3. The zero-order valence-corrected chi connectivity index (χ0v) is 13.8. The van der Waals surface area contributed by atoms with Gasteiger partial charge in [-0.15, -0.1) is 0 Å². The molecule has 1 amide bonds. The predicted molar refractivity (Wildman–Crippen MR) is 87.6 cm³/mol. The summed E-state index contributed by atoms with van der Waals surface area (Å²) in [5, 5.41) is 6.92. The molecule has 0 aromatic carbocycles. The summed E-state index contributed by atoms with van der Waals surface area (Å²) >= 11 is 0. The van der Waals surface area contributed by atoms with Gasteiger partial charge in [-0.1, -0.05) is 12.8 Å². The minimum absolute atomic E-state index is 0.0800. The van der Waals surface area contributed by atoms with Crippen molar-refractivity contribution >= 4 is 5.91 Å². The molecule has 2 saturated heterocycles. The SMILES string of the molecule is O=C(NC1CCN(CC2CC2)CC1)[C@@]12CCCC[C@H]1CNC2. The molecule has 22 heavy (non-hydrogen) atoms. The van der Waals surface area contributed by atoms with Gasteiger partial charge in [-0.05, 0) is 56.9 Å². The summed E-state index contributed by atoms with van der Waals surface area (Å²) in [6.45, 7) is 5.61. The van der Waals surface area contributed by atoms with E-state index in [9.17, 15) is 4.79 Å². The maximum absolute atomic E-state index is 13.0. The number of likely N-dealkylation sites (tertiary alicyclic amines) is 1. The van der Waals surface area contributed by atoms with Crippen LogP contribution in [0.2, 0.25) is 0 Å². The van der Waals surface area contributed by atoms with Gasteiger partial charge in [0.05, 0.1) is 5.41 Å². The lowest BCUT2D eigenvalue weighted by atomic mass is 9.67. The van der Waals surface area contributed by atoms with E-state index in [0.717, 1.165) is 38.3 Å². The Morgan fingerprint density at radius 1 is 1.14 bits per heavy atom. The van der Waals surface area contributed by atoms with Crippen LogP contribution in [0.25, 0.3) is 0 Å². The molecule has 4 nitrogen and oxygen atoms in total. The normalized spacial score (nSPS) is 37.0. The van der Waals surface area contributed by atoms with Crippen LogP contribution in [0.5, 0.6) is 0 Å². The number of hydrogen-bond donors (Lipinski definition) is 2. The number of carbonyl (C=O) groups is 1. The van der Waals surface area contributed by atoms with Crippen LogP contribution in [0.4, 0.5) is 0 Å². The molecule has 0 aromatic rings. The molecule has 4 heteroatoms. The Hall–Kier alpha value is -0.610. The first-order chi connectivity index (χ1) is 10.8. The molecule has 2 aliphatic heterocycles. The fraction of sp³-hybridized carbons (Fsp3) is 0.944. The molecule has 0 aromatic heterocycles. The van der Waals surface area contributed by atoms with Crippen LogP contribution in [-0.4, -0.2) is 49.6 Å². The van der Waals surface area contributed by atoms with Crippen LogP contribution >= 0.6 is 0 Å². The highest BCUT2D eigenvalue weighted by molar-refractivity contribution is 5.84. The first-order valence-electron chi connectivity index (χ1n) is 9.50. The number of rotatable bonds is 4. The van der Waals surface area contributed by atoms with Gasteiger partial charge < -0.3 is 15.5 Å². The van der Waals surface area contributed by atoms with Crippen LogP contribution < -0.4 is 10.6 Å². The Kier molecular flexibility index (Phi) is 4.16. The largest absolute Gasteiger partial charge is 0.353 e. The average Bonchev–Trinajstić information content (AvgIpc) is 3.24. The van der Waals surface area contributed by atoms with Crippen LogP contribution in [-0.2, 0) is 4.79 Å². The van der Waals surface area contributed by atoms with Crippen molar-refractivity contribution in [2.24, 2.45) is 17.3 Å². The van der Waals surface area contributed by atoms with E-state index in [1.165, 1.54) is 51.7 Å². The summed E-state index contributed by atoms with van der Waals surface area (Å²) < 4.78 is 0. The Balaban J connectivity index is 1.30. The highest BCUT2D eigenvalue weighted by Crippen LogP contribution is 2.44. The summed E-state index contributed by atoms with van der Waals surface area (Å²) in [6, 6.07) is 0.417. The van der Waals surface area contributed by atoms with Crippen LogP contribution in [0.3, 0.4) is 0 Å². The zero-order chi connectivity index (χ0) is 15.0. The standard InChI is InChI=1S/C18H31N3O/c22-17(18-8-2-1-3-15(18)11-19-13-18)20-16-6-9-21(10-7-16)12-14-4-5-14/h14-16,19H,1-13H2,(H,20,22)/t15-,18+/m0/s1. The molecule has 0 unspecified atom stereocenters. The van der Waals surface area contributed by atoms with Crippen molar-refractivity contribution in [3.8, 4) is 0 Å². The molecule has 2 saturated carbocycles. The van der Waals surface area contributed by atoms with Gasteiger partial charge in [-0.25, -0.2) is 0 Å². The lowest BCUT2D eigenvalue weighted by Crippen LogP contribution is -2.53. The molecule has 2 N–H and O–H groups in total. The maximum atomic E-state index is 13.0. The van der Waals surface area contributed by atoms with E-state index in [2.05, 4.69) is 15.5 Å². The van der Waals surface area contributed by atoms with Crippen molar-refractivity contribution in [2.45, 2.75) is 57.4 Å². The summed E-state index contributed by atoms with van der Waals surface area (Å²) in [7, 11) is 0. The molecule has 2 aliphatic carbocycles. The number of amides is 1. The third-order valence-electron chi connectivity index (χ3n) is 6.63. The van der Waals surface area contributed by atoms with Crippen molar-refractivity contribution in [1.82, 2.24) is 15.5 Å². The molecule has 4 fully saturated rings. The Labute approximate surface area is 134 Å². The van der Waals surface area contributed by atoms with Gasteiger partial charge >= 0.3 is 0 Å². The number of nitrogens with zero attached hydrogens (tertiary/aromatic N) is 1. The quantitative estimate of drug-likeness (QED) is 0.832. The van der Waals surface area contributed by atoms with Gasteiger partial charge in [0.2, 0.25) is 5.91 Å². The van der Waals surface area contributed by atoms with E-state index in [0.29, 0.717) is 17.9 Å². The molecule has 2 atom stereocenters. The number of carbonyl (C=O) groups excluding carboxylic acids is 1. The molecular formula is C18H31N3O. The summed E-state index contributed by atoms with van der Waals surface area (Å²) in [4.78, 5) is 15.6. The van der Waals surface area contributed by atoms with Crippen LogP contribution in [0, 0.1) is 17.3 Å². The Morgan fingerprint density at radius 2 is 1.95 bits per heavy atom. The fourth-order valence-corrected chi connectivity index (χ4v) is 4.94. The minimum Gasteiger partial charge on any atom is -0.353 e. The monoisotopic (exact) mass is 305 g/mol. The van der Waals surface area contributed by atoms with Gasteiger partial charge in [0.25, 0.3) is 0 Å². The maximum Gasteiger partial charge on any atom is 0.228 e. The predicted octanol–water partition coefficient (Wildman–Crippen LogP) is 1.76. The van der Waals surface area contributed by atoms with Gasteiger partial charge in [0, 0.05) is 32.2 Å². The number of nitrogens with one attached hydrogen (secondary N) is 2. The molecule has 4 aliphatic rings. The Bertz CT molecular complexity index is 415. The van der Waals surface area contributed by atoms with E-state index in [1.54, 1.807) is 0 Å². The van der Waals surface area contributed by atoms with E-state index in [-0.39, 0.29) is 5.41 Å². The molecule has 4 rings (SSSR count). The van der Waals surface area contributed by atoms with Gasteiger partial charge in [-0.2, -0.15) is 0 Å². The highest BCUT2D eigenvalue weighted by Gasteiger charge is 2.50. The zero-order valence-electron chi connectivity index (χ0n) is 13.8. The van der Waals surface area contributed by atoms with E-state index >= 15 is 0 Å². The van der Waals surface area contributed by atoms with Crippen LogP contribution in [0.1, 0.15) is 51.4 Å². The molecule has 0 bridgehead atoms. The summed E-state index contributed by atoms with van der Waals surface area (Å²) in [5.74, 6) is 1.93. The lowest BCUT2D eigenvalue weighted by Gasteiger charge is -2.39. The average molecular weight is 305 g/mol. The number of piperidine rings is 1. The lowest BCUT2D eigenvalue weighted by molar-refractivity contribution is -0.135. The topological polar surface area (TPSA) is 44.4 Å². The fourth-order valence-electron chi connectivity index (χ4n) is 4.94. The van der Waals surface area contributed by atoms with Crippen molar-refractivity contribution in [3.05, 3.63) is 0 Å². The first-order valence-corrected chi connectivity index (χ1v) is 9.50. The van der Waals surface area contributed by atoms with Crippen molar-refractivity contribution < 1.29 is 4.79 Å². The number of fused-ring (bicyclic) bond motifs is 1. The summed E-state index contributed by atoms with van der Waals surface area (Å²) in [5.41, 5.74) is -0.0800. The first kappa shape index (κ1) is 14.9. The second kappa shape index (κ2) is 6.12. The highest BCUT2D eigenvalue weighted by atomic mass is 16.2. The molecule has 2 heterocycles. The van der Waals surface area contributed by atoms with E-state index in [4.69, 9.17) is 0 Å². The van der Waals surface area contributed by atoms with E-state index < -0.39 is 0 Å². The minimum atomic E-state index is -0.0800. The van der Waals surface area contributed by atoms with Crippen LogP contribution in [0.15, 0.2) is 0 Å². The third-order valence-corrected chi connectivity index (χ3v) is 6.63. The van der Waals surface area contributed by atoms with Crippen molar-refractivity contribution in [3.63, 3.8) is 0 Å². The molecule has 124 valence electrons. The third kappa shape index (κ3) is 2.92. The molecule has 0 spiro atoms.